The van der Waals surface area contributed by atoms with Crippen LogP contribution in [-0.2, 0) is 4.79 Å². The maximum atomic E-state index is 11.7. The van der Waals surface area contributed by atoms with Gasteiger partial charge in [0.2, 0.25) is 5.91 Å². The van der Waals surface area contributed by atoms with Gasteiger partial charge in [-0.15, -0.1) is 0 Å². The van der Waals surface area contributed by atoms with Gasteiger partial charge in [0.1, 0.15) is 0 Å². The van der Waals surface area contributed by atoms with E-state index in [-0.39, 0.29) is 11.2 Å². The maximum Gasteiger partial charge on any atom is 0.239 e. The van der Waals surface area contributed by atoms with E-state index in [0.717, 1.165) is 28.8 Å². The maximum absolute atomic E-state index is 11.7. The van der Waals surface area contributed by atoms with Gasteiger partial charge >= 0.3 is 0 Å². The molecule has 3 nitrogen and oxygen atoms in total. The molecule has 2 saturated carbocycles. The molecular formula is C12H17BrN2OS. The minimum absolute atomic E-state index is 0.0618. The summed E-state index contributed by atoms with van der Waals surface area (Å²) in [5.41, 5.74) is 0. The Morgan fingerprint density at radius 2 is 2.29 bits per heavy atom. The number of rotatable bonds is 3. The van der Waals surface area contributed by atoms with Gasteiger partial charge in [0, 0.05) is 5.33 Å². The fourth-order valence-corrected chi connectivity index (χ4v) is 5.06. The first-order valence-corrected chi connectivity index (χ1v) is 8.37. The van der Waals surface area contributed by atoms with E-state index in [1.165, 1.54) is 25.7 Å². The first-order chi connectivity index (χ1) is 8.26. The number of nitrogens with zero attached hydrogens (tertiary/aromatic N) is 1. The van der Waals surface area contributed by atoms with Crippen molar-refractivity contribution in [2.75, 3.05) is 5.33 Å². The molecule has 0 spiro atoms. The smallest absolute Gasteiger partial charge is 0.239 e. The van der Waals surface area contributed by atoms with Crippen LogP contribution >= 0.6 is 27.7 Å². The largest absolute Gasteiger partial charge is 0.304 e. The van der Waals surface area contributed by atoms with Crippen LogP contribution in [0.25, 0.3) is 0 Å². The van der Waals surface area contributed by atoms with E-state index in [1.54, 1.807) is 11.8 Å². The average Bonchev–Trinajstić information content (AvgIpc) is 2.96. The van der Waals surface area contributed by atoms with Crippen molar-refractivity contribution in [3.63, 3.8) is 0 Å². The van der Waals surface area contributed by atoms with Gasteiger partial charge < -0.3 is 5.32 Å². The molecule has 17 heavy (non-hydrogen) atoms. The Labute approximate surface area is 114 Å². The van der Waals surface area contributed by atoms with Crippen LogP contribution in [0.15, 0.2) is 4.99 Å². The molecule has 0 radical (unpaired) electrons. The number of amidine groups is 1. The van der Waals surface area contributed by atoms with Gasteiger partial charge in [0.15, 0.2) is 5.17 Å². The fourth-order valence-electron chi connectivity index (χ4n) is 3.28. The molecule has 0 aromatic carbocycles. The topological polar surface area (TPSA) is 41.5 Å². The monoisotopic (exact) mass is 316 g/mol. The number of aliphatic imine (C=N–C) groups is 1. The predicted octanol–water partition coefficient (Wildman–Crippen LogP) is 2.55. The van der Waals surface area contributed by atoms with Crippen LogP contribution in [0, 0.1) is 11.8 Å². The van der Waals surface area contributed by atoms with Crippen LogP contribution in [-0.4, -0.2) is 27.7 Å². The van der Waals surface area contributed by atoms with E-state index in [1.807, 2.05) is 0 Å². The van der Waals surface area contributed by atoms with Gasteiger partial charge in [-0.3, -0.25) is 9.79 Å². The quantitative estimate of drug-likeness (QED) is 0.813. The third-order valence-corrected chi connectivity index (χ3v) is 5.75. The lowest BCUT2D eigenvalue weighted by Crippen LogP contribution is -2.26. The highest BCUT2D eigenvalue weighted by Crippen LogP contribution is 2.46. The Hall–Kier alpha value is -0.0300. The summed E-state index contributed by atoms with van der Waals surface area (Å²) in [6.07, 6.45) is 6.23. The van der Waals surface area contributed by atoms with Gasteiger partial charge in [0.05, 0.1) is 11.3 Å². The van der Waals surface area contributed by atoms with E-state index >= 15 is 0 Å². The van der Waals surface area contributed by atoms with Crippen LogP contribution < -0.4 is 5.32 Å². The van der Waals surface area contributed by atoms with E-state index in [9.17, 15) is 4.79 Å². The number of nitrogens with one attached hydrogen (secondary N) is 1. The van der Waals surface area contributed by atoms with Crippen LogP contribution in [0.2, 0.25) is 0 Å². The summed E-state index contributed by atoms with van der Waals surface area (Å²) in [5, 5.41) is 4.74. The minimum atomic E-state index is 0.0618. The number of carbonyl (C=O) groups excluding carboxylic acids is 1. The molecule has 94 valence electrons. The lowest BCUT2D eigenvalue weighted by Gasteiger charge is -2.17. The molecule has 3 fully saturated rings. The molecule has 0 aromatic heterocycles. The molecular weight excluding hydrogens is 300 g/mol. The summed E-state index contributed by atoms with van der Waals surface area (Å²) >= 11 is 5.01. The highest BCUT2D eigenvalue weighted by Gasteiger charge is 2.40. The third kappa shape index (κ3) is 2.41. The van der Waals surface area contributed by atoms with Gasteiger partial charge in [-0.1, -0.05) is 34.1 Å². The van der Waals surface area contributed by atoms with Gasteiger partial charge in [-0.25, -0.2) is 0 Å². The number of alkyl halides is 1. The van der Waals surface area contributed by atoms with Crippen molar-refractivity contribution in [1.29, 1.82) is 0 Å². The van der Waals surface area contributed by atoms with Crippen molar-refractivity contribution in [2.24, 2.45) is 16.8 Å². The molecule has 1 unspecified atom stereocenters. The molecule has 3 aliphatic rings. The molecule has 2 aliphatic carbocycles. The van der Waals surface area contributed by atoms with Crippen molar-refractivity contribution >= 4 is 38.8 Å². The Balaban J connectivity index is 1.64. The summed E-state index contributed by atoms with van der Waals surface area (Å²) < 4.78 is 0. The van der Waals surface area contributed by atoms with E-state index < -0.39 is 0 Å². The lowest BCUT2D eigenvalue weighted by molar-refractivity contribution is -0.118. The summed E-state index contributed by atoms with van der Waals surface area (Å²) in [4.78, 5) is 16.4. The van der Waals surface area contributed by atoms with Gasteiger partial charge in [0.25, 0.3) is 0 Å². The number of amides is 1. The molecule has 3 rings (SSSR count). The van der Waals surface area contributed by atoms with Crippen molar-refractivity contribution in [3.05, 3.63) is 0 Å². The van der Waals surface area contributed by atoms with Gasteiger partial charge in [-0.05, 0) is 37.5 Å². The first-order valence-electron chi connectivity index (χ1n) is 6.37. The Morgan fingerprint density at radius 3 is 2.94 bits per heavy atom. The molecule has 2 bridgehead atoms. The highest BCUT2D eigenvalue weighted by molar-refractivity contribution is 9.09. The molecule has 0 aromatic rings. The van der Waals surface area contributed by atoms with E-state index in [0.29, 0.717) is 6.04 Å². The average molecular weight is 317 g/mol. The van der Waals surface area contributed by atoms with Crippen molar-refractivity contribution < 1.29 is 4.79 Å². The molecule has 1 aliphatic heterocycles. The fraction of sp³-hybridized carbons (Fsp3) is 0.833. The van der Waals surface area contributed by atoms with E-state index in [4.69, 9.17) is 4.99 Å². The first kappa shape index (κ1) is 12.0. The second kappa shape index (κ2) is 4.92. The van der Waals surface area contributed by atoms with Crippen LogP contribution in [0.3, 0.4) is 0 Å². The molecule has 4 atom stereocenters. The molecule has 1 amide bonds. The second-order valence-electron chi connectivity index (χ2n) is 5.25. The summed E-state index contributed by atoms with van der Waals surface area (Å²) in [6.45, 7) is 0. The van der Waals surface area contributed by atoms with Crippen LogP contribution in [0.1, 0.15) is 32.1 Å². The number of carbonyl (C=O) groups is 1. The molecule has 1 heterocycles. The van der Waals surface area contributed by atoms with Crippen LogP contribution in [0.5, 0.6) is 0 Å². The summed E-state index contributed by atoms with van der Waals surface area (Å²) in [6, 6.07) is 0.485. The summed E-state index contributed by atoms with van der Waals surface area (Å²) in [5.74, 6) is 1.84. The van der Waals surface area contributed by atoms with Crippen LogP contribution in [0.4, 0.5) is 0 Å². The highest BCUT2D eigenvalue weighted by atomic mass is 79.9. The normalized spacial score (nSPS) is 42.4. The molecule has 1 saturated heterocycles. The van der Waals surface area contributed by atoms with Gasteiger partial charge in [-0.2, -0.15) is 0 Å². The standard InChI is InChI=1S/C12H17BrN2OS/c13-4-3-10-11(16)15-12(17-10)14-9-6-7-1-2-8(9)5-7/h7-10H,1-6H2,(H,14,15,16)/t7-,8+,9+,10?/m1/s1. The number of hydrogen-bond donors (Lipinski definition) is 1. The van der Waals surface area contributed by atoms with E-state index in [2.05, 4.69) is 21.2 Å². The predicted molar refractivity (Wildman–Crippen MR) is 74.6 cm³/mol. The Bertz CT molecular complexity index is 360. The zero-order valence-corrected chi connectivity index (χ0v) is 12.1. The van der Waals surface area contributed by atoms with Crippen molar-refractivity contribution in [3.8, 4) is 0 Å². The zero-order chi connectivity index (χ0) is 11.8. The zero-order valence-electron chi connectivity index (χ0n) is 9.69. The summed E-state index contributed by atoms with van der Waals surface area (Å²) in [7, 11) is 0. The minimum Gasteiger partial charge on any atom is -0.304 e. The molecule has 1 N–H and O–H groups in total. The second-order valence-corrected chi connectivity index (χ2v) is 7.23. The number of halogens is 1. The van der Waals surface area contributed by atoms with Crippen molar-refractivity contribution in [1.82, 2.24) is 5.32 Å². The number of fused-ring (bicyclic) bond motifs is 2. The third-order valence-electron chi connectivity index (χ3n) is 4.13. The lowest BCUT2D eigenvalue weighted by atomic mass is 9.96. The Morgan fingerprint density at radius 1 is 1.41 bits per heavy atom. The number of hydrogen-bond acceptors (Lipinski definition) is 3. The Kier molecular flexibility index (Phi) is 3.48. The SMILES string of the molecule is O=C1NC(=N[C@H]2C[C@@H]3CC[C@H]2C3)SC1CCBr. The van der Waals surface area contributed by atoms with Crippen molar-refractivity contribution in [2.45, 2.75) is 43.4 Å². The number of thioether (sulfide) groups is 1. The molecule has 5 heteroatoms.